The fourth-order valence-corrected chi connectivity index (χ4v) is 3.39. The Labute approximate surface area is 192 Å². The van der Waals surface area contributed by atoms with Crippen molar-refractivity contribution in [3.05, 3.63) is 23.8 Å². The van der Waals surface area contributed by atoms with E-state index in [-0.39, 0.29) is 56.1 Å². The van der Waals surface area contributed by atoms with Crippen LogP contribution in [-0.4, -0.2) is 50.2 Å². The van der Waals surface area contributed by atoms with Crippen LogP contribution in [0.2, 0.25) is 0 Å². The molecule has 1 aromatic rings. The number of aliphatic hydroxyl groups excluding tert-OH is 1. The van der Waals surface area contributed by atoms with Gasteiger partial charge in [-0.05, 0) is 43.9 Å². The van der Waals surface area contributed by atoms with E-state index in [1.54, 1.807) is 12.1 Å². The second-order valence-electron chi connectivity index (χ2n) is 7.00. The highest BCUT2D eigenvalue weighted by Gasteiger charge is 2.42. The second kappa shape index (κ2) is 13.1. The summed E-state index contributed by atoms with van der Waals surface area (Å²) in [6.45, 7) is 2.93. The minimum atomic E-state index is -4.15. The summed E-state index contributed by atoms with van der Waals surface area (Å²) in [4.78, 5) is 4.51. The predicted molar refractivity (Wildman–Crippen MR) is 121 cm³/mol. The van der Waals surface area contributed by atoms with Crippen LogP contribution < -0.4 is 20.1 Å². The van der Waals surface area contributed by atoms with Gasteiger partial charge < -0.3 is 25.2 Å². The molecule has 0 aromatic heterocycles. The SMILES string of the molecule is CCNC(=NCc1ccc(OCCO)c(OC)c1)NC1CCCC(C(F)(F)F)C1.I. The topological polar surface area (TPSA) is 75.1 Å². The number of hydrogen-bond acceptors (Lipinski definition) is 4. The van der Waals surface area contributed by atoms with E-state index in [2.05, 4.69) is 15.6 Å². The van der Waals surface area contributed by atoms with Crippen molar-refractivity contribution in [2.75, 3.05) is 26.9 Å². The molecule has 1 aliphatic rings. The zero-order valence-corrected chi connectivity index (χ0v) is 19.6. The van der Waals surface area contributed by atoms with Crippen LogP contribution in [0, 0.1) is 5.92 Å². The van der Waals surface area contributed by atoms with Gasteiger partial charge in [-0.1, -0.05) is 12.5 Å². The Morgan fingerprint density at radius 2 is 2.03 bits per heavy atom. The van der Waals surface area contributed by atoms with Crippen molar-refractivity contribution < 1.29 is 27.8 Å². The van der Waals surface area contributed by atoms with E-state index in [1.165, 1.54) is 7.11 Å². The molecule has 1 aliphatic carbocycles. The summed E-state index contributed by atoms with van der Waals surface area (Å²) in [5, 5.41) is 15.1. The van der Waals surface area contributed by atoms with Crippen LogP contribution in [-0.2, 0) is 6.54 Å². The van der Waals surface area contributed by atoms with Gasteiger partial charge >= 0.3 is 6.18 Å². The zero-order valence-electron chi connectivity index (χ0n) is 17.3. The quantitative estimate of drug-likeness (QED) is 0.263. The van der Waals surface area contributed by atoms with Crippen molar-refractivity contribution in [1.82, 2.24) is 10.6 Å². The van der Waals surface area contributed by atoms with Crippen molar-refractivity contribution in [2.24, 2.45) is 10.9 Å². The first-order chi connectivity index (χ1) is 13.9. The summed E-state index contributed by atoms with van der Waals surface area (Å²) in [5.41, 5.74) is 0.868. The maximum absolute atomic E-state index is 13.0. The minimum absolute atomic E-state index is 0. The predicted octanol–water partition coefficient (Wildman–Crippen LogP) is 3.86. The molecule has 0 bridgehead atoms. The molecule has 30 heavy (non-hydrogen) atoms. The summed E-state index contributed by atoms with van der Waals surface area (Å²) in [7, 11) is 1.53. The second-order valence-corrected chi connectivity index (χ2v) is 7.00. The van der Waals surface area contributed by atoms with E-state index in [0.717, 1.165) is 5.56 Å². The third-order valence-corrected chi connectivity index (χ3v) is 4.82. The number of benzene rings is 1. The van der Waals surface area contributed by atoms with Crippen molar-refractivity contribution >= 4 is 29.9 Å². The molecule has 10 heteroatoms. The van der Waals surface area contributed by atoms with Gasteiger partial charge in [-0.15, -0.1) is 24.0 Å². The van der Waals surface area contributed by atoms with Crippen molar-refractivity contribution in [3.63, 3.8) is 0 Å². The molecule has 2 atom stereocenters. The van der Waals surface area contributed by atoms with Gasteiger partial charge in [-0.2, -0.15) is 13.2 Å². The van der Waals surface area contributed by atoms with Crippen LogP contribution in [0.4, 0.5) is 13.2 Å². The molecule has 1 fully saturated rings. The summed E-state index contributed by atoms with van der Waals surface area (Å²) < 4.78 is 49.8. The number of alkyl halides is 3. The lowest BCUT2D eigenvalue weighted by atomic mass is 9.85. The standard InChI is InChI=1S/C20H30F3N3O3.HI/c1-3-24-19(26-16-6-4-5-15(12-16)20(21,22)23)25-13-14-7-8-17(29-10-9-27)18(11-14)28-2;/h7-8,11,15-16,27H,3-6,9-10,12-13H2,1-2H3,(H2,24,25,26);1H. The first-order valence-corrected chi connectivity index (χ1v) is 9.89. The van der Waals surface area contributed by atoms with Crippen molar-refractivity contribution in [2.45, 2.75) is 51.4 Å². The summed E-state index contributed by atoms with van der Waals surface area (Å²) in [6, 6.07) is 5.12. The molecule has 172 valence electrons. The molecule has 0 radical (unpaired) electrons. The lowest BCUT2D eigenvalue weighted by Gasteiger charge is -2.31. The van der Waals surface area contributed by atoms with Crippen molar-refractivity contribution in [1.29, 1.82) is 0 Å². The van der Waals surface area contributed by atoms with Crippen LogP contribution in [0.25, 0.3) is 0 Å². The molecule has 0 spiro atoms. The number of halogens is 4. The van der Waals surface area contributed by atoms with Crippen LogP contribution in [0.5, 0.6) is 11.5 Å². The molecule has 1 aromatic carbocycles. The molecule has 2 rings (SSSR count). The number of methoxy groups -OCH3 is 1. The van der Waals surface area contributed by atoms with E-state index in [9.17, 15) is 13.2 Å². The normalized spacial score (nSPS) is 19.6. The van der Waals surface area contributed by atoms with E-state index in [0.29, 0.717) is 43.4 Å². The van der Waals surface area contributed by atoms with Crippen LogP contribution >= 0.6 is 24.0 Å². The molecule has 0 heterocycles. The van der Waals surface area contributed by atoms with Gasteiger partial charge in [0.1, 0.15) is 6.61 Å². The van der Waals surface area contributed by atoms with Crippen LogP contribution in [0.1, 0.15) is 38.2 Å². The summed E-state index contributed by atoms with van der Waals surface area (Å²) in [6.07, 6.45) is -2.64. The van der Waals surface area contributed by atoms with E-state index < -0.39 is 12.1 Å². The first-order valence-electron chi connectivity index (χ1n) is 9.89. The average Bonchev–Trinajstić information content (AvgIpc) is 2.70. The Balaban J connectivity index is 0.00000450. The van der Waals surface area contributed by atoms with Gasteiger partial charge in [0.15, 0.2) is 17.5 Å². The number of aliphatic hydroxyl groups is 1. The smallest absolute Gasteiger partial charge is 0.391 e. The van der Waals surface area contributed by atoms with E-state index in [4.69, 9.17) is 14.6 Å². The highest BCUT2D eigenvalue weighted by molar-refractivity contribution is 14.0. The third-order valence-electron chi connectivity index (χ3n) is 4.82. The molecule has 0 aliphatic heterocycles. The highest BCUT2D eigenvalue weighted by atomic mass is 127. The molecule has 2 unspecified atom stereocenters. The van der Waals surface area contributed by atoms with Gasteiger partial charge in [-0.3, -0.25) is 0 Å². The lowest BCUT2D eigenvalue weighted by Crippen LogP contribution is -2.46. The molecule has 0 saturated heterocycles. The Morgan fingerprint density at radius 3 is 2.67 bits per heavy atom. The molecule has 6 nitrogen and oxygen atoms in total. The van der Waals surface area contributed by atoms with Gasteiger partial charge in [0, 0.05) is 12.6 Å². The largest absolute Gasteiger partial charge is 0.493 e. The first kappa shape index (κ1) is 26.6. The fourth-order valence-electron chi connectivity index (χ4n) is 3.39. The Bertz CT molecular complexity index is 674. The lowest BCUT2D eigenvalue weighted by molar-refractivity contribution is -0.183. The number of rotatable bonds is 8. The Morgan fingerprint density at radius 1 is 1.27 bits per heavy atom. The molecular formula is C20H31F3IN3O3. The van der Waals surface area contributed by atoms with Gasteiger partial charge in [0.05, 0.1) is 26.2 Å². The Kier molecular flexibility index (Phi) is 11.6. The zero-order chi connectivity index (χ0) is 21.3. The number of nitrogens with one attached hydrogen (secondary N) is 2. The Hall–Kier alpha value is -1.43. The van der Waals surface area contributed by atoms with E-state index in [1.807, 2.05) is 13.0 Å². The number of hydrogen-bond donors (Lipinski definition) is 3. The molecular weight excluding hydrogens is 514 g/mol. The number of nitrogens with zero attached hydrogens (tertiary/aromatic N) is 1. The summed E-state index contributed by atoms with van der Waals surface area (Å²) in [5.74, 6) is 0.302. The minimum Gasteiger partial charge on any atom is -0.493 e. The van der Waals surface area contributed by atoms with Gasteiger partial charge in [-0.25, -0.2) is 4.99 Å². The number of guanidine groups is 1. The number of ether oxygens (including phenoxy) is 2. The maximum Gasteiger partial charge on any atom is 0.391 e. The average molecular weight is 545 g/mol. The molecule has 0 amide bonds. The highest BCUT2D eigenvalue weighted by Crippen LogP contribution is 2.37. The van der Waals surface area contributed by atoms with Crippen LogP contribution in [0.3, 0.4) is 0 Å². The van der Waals surface area contributed by atoms with E-state index >= 15 is 0 Å². The monoisotopic (exact) mass is 545 g/mol. The summed E-state index contributed by atoms with van der Waals surface area (Å²) >= 11 is 0. The number of aliphatic imine (C=N–C) groups is 1. The third kappa shape index (κ3) is 8.37. The maximum atomic E-state index is 13.0. The van der Waals surface area contributed by atoms with Gasteiger partial charge in [0.25, 0.3) is 0 Å². The molecule has 3 N–H and O–H groups in total. The van der Waals surface area contributed by atoms with Crippen molar-refractivity contribution in [3.8, 4) is 11.5 Å². The fraction of sp³-hybridized carbons (Fsp3) is 0.650. The van der Waals surface area contributed by atoms with Gasteiger partial charge in [0.2, 0.25) is 0 Å². The van der Waals surface area contributed by atoms with Crippen LogP contribution in [0.15, 0.2) is 23.2 Å². The molecule has 1 saturated carbocycles.